The van der Waals surface area contributed by atoms with Crippen molar-refractivity contribution < 1.29 is 9.53 Å². The van der Waals surface area contributed by atoms with E-state index in [4.69, 9.17) is 27.9 Å². The van der Waals surface area contributed by atoms with E-state index in [2.05, 4.69) is 20.5 Å². The molecular weight excluding hydrogens is 291 g/mol. The standard InChI is InChI=1S/C11H10Cl2N4O2/c1-6(10(18)16-11-14-5-15-17-11)19-9-3-7(12)2-8(13)4-9/h2-6H,1H3,(H2,14,15,16,17,18)/t6-/m1/s1. The molecule has 1 aromatic carbocycles. The second-order valence-electron chi connectivity index (χ2n) is 3.69. The van der Waals surface area contributed by atoms with Crippen molar-refractivity contribution in [1.29, 1.82) is 0 Å². The lowest BCUT2D eigenvalue weighted by Crippen LogP contribution is -2.30. The topological polar surface area (TPSA) is 79.9 Å². The monoisotopic (exact) mass is 300 g/mol. The summed E-state index contributed by atoms with van der Waals surface area (Å²) in [5, 5.41) is 9.51. The molecule has 1 atom stereocenters. The van der Waals surface area contributed by atoms with E-state index in [-0.39, 0.29) is 11.9 Å². The molecule has 6 nitrogen and oxygen atoms in total. The predicted octanol–water partition coefficient (Wildman–Crippen LogP) is 2.52. The number of amides is 1. The van der Waals surface area contributed by atoms with Crippen molar-refractivity contribution in [3.8, 4) is 5.75 Å². The van der Waals surface area contributed by atoms with E-state index in [1.54, 1.807) is 25.1 Å². The van der Waals surface area contributed by atoms with E-state index in [0.29, 0.717) is 15.8 Å². The fourth-order valence-corrected chi connectivity index (χ4v) is 1.84. The number of ether oxygens (including phenoxy) is 1. The van der Waals surface area contributed by atoms with Crippen LogP contribution >= 0.6 is 23.2 Å². The molecular formula is C11H10Cl2N4O2. The Morgan fingerprint density at radius 3 is 2.63 bits per heavy atom. The molecule has 0 unspecified atom stereocenters. The molecule has 0 spiro atoms. The van der Waals surface area contributed by atoms with Crippen LogP contribution in [0.1, 0.15) is 6.92 Å². The smallest absolute Gasteiger partial charge is 0.267 e. The summed E-state index contributed by atoms with van der Waals surface area (Å²) in [6.45, 7) is 1.60. The van der Waals surface area contributed by atoms with Gasteiger partial charge in [0.2, 0.25) is 5.95 Å². The average molecular weight is 301 g/mol. The zero-order valence-corrected chi connectivity index (χ0v) is 11.4. The van der Waals surface area contributed by atoms with Gasteiger partial charge in [0.25, 0.3) is 5.91 Å². The number of anilines is 1. The first kappa shape index (κ1) is 13.6. The lowest BCUT2D eigenvalue weighted by atomic mass is 10.3. The summed E-state index contributed by atoms with van der Waals surface area (Å²) in [5.41, 5.74) is 0. The number of aromatic nitrogens is 3. The van der Waals surface area contributed by atoms with Crippen LogP contribution in [0.4, 0.5) is 5.95 Å². The molecule has 1 aromatic heterocycles. The Morgan fingerprint density at radius 2 is 2.05 bits per heavy atom. The molecule has 0 saturated heterocycles. The minimum absolute atomic E-state index is 0.254. The minimum Gasteiger partial charge on any atom is -0.481 e. The molecule has 2 rings (SSSR count). The number of rotatable bonds is 4. The van der Waals surface area contributed by atoms with Crippen LogP contribution in [0.25, 0.3) is 0 Å². The van der Waals surface area contributed by atoms with Crippen LogP contribution in [-0.2, 0) is 4.79 Å². The van der Waals surface area contributed by atoms with Crippen LogP contribution in [0.5, 0.6) is 5.75 Å². The molecule has 0 aliphatic carbocycles. The molecule has 0 saturated carbocycles. The number of nitrogens with one attached hydrogen (secondary N) is 2. The molecule has 1 heterocycles. The van der Waals surface area contributed by atoms with Gasteiger partial charge in [-0.15, -0.1) is 0 Å². The summed E-state index contributed by atoms with van der Waals surface area (Å²) in [4.78, 5) is 15.6. The summed E-state index contributed by atoms with van der Waals surface area (Å²) in [7, 11) is 0. The van der Waals surface area contributed by atoms with Gasteiger partial charge in [-0.3, -0.25) is 10.1 Å². The fourth-order valence-electron chi connectivity index (χ4n) is 1.34. The summed E-state index contributed by atoms with van der Waals surface area (Å²) in [5.74, 6) is 0.301. The molecule has 2 aromatic rings. The molecule has 0 aliphatic heterocycles. The number of hydrogen-bond acceptors (Lipinski definition) is 4. The van der Waals surface area contributed by atoms with Crippen LogP contribution in [0.15, 0.2) is 24.5 Å². The number of H-pyrrole nitrogens is 1. The third-order valence-electron chi connectivity index (χ3n) is 2.17. The van der Waals surface area contributed by atoms with Crippen molar-refractivity contribution in [2.45, 2.75) is 13.0 Å². The molecule has 0 aliphatic rings. The zero-order chi connectivity index (χ0) is 13.8. The van der Waals surface area contributed by atoms with Crippen molar-refractivity contribution in [1.82, 2.24) is 15.2 Å². The Morgan fingerprint density at radius 1 is 1.37 bits per heavy atom. The molecule has 2 N–H and O–H groups in total. The van der Waals surface area contributed by atoms with Gasteiger partial charge in [-0.1, -0.05) is 23.2 Å². The first-order chi connectivity index (χ1) is 9.04. The Balaban J connectivity index is 2.00. The van der Waals surface area contributed by atoms with E-state index < -0.39 is 6.10 Å². The maximum absolute atomic E-state index is 11.8. The normalized spacial score (nSPS) is 11.9. The molecule has 100 valence electrons. The van der Waals surface area contributed by atoms with Crippen LogP contribution in [0.3, 0.4) is 0 Å². The summed E-state index contributed by atoms with van der Waals surface area (Å²) in [6.07, 6.45) is 0.553. The molecule has 8 heteroatoms. The SMILES string of the molecule is C[C@@H](Oc1cc(Cl)cc(Cl)c1)C(=O)Nc1ncn[nH]1. The molecule has 19 heavy (non-hydrogen) atoms. The predicted molar refractivity (Wildman–Crippen MR) is 71.6 cm³/mol. The minimum atomic E-state index is -0.736. The number of nitrogens with zero attached hydrogens (tertiary/aromatic N) is 2. The molecule has 0 fully saturated rings. The molecule has 0 bridgehead atoms. The number of hydrogen-bond donors (Lipinski definition) is 2. The number of benzene rings is 1. The molecule has 0 radical (unpaired) electrons. The number of halogens is 2. The second-order valence-corrected chi connectivity index (χ2v) is 4.56. The van der Waals surface area contributed by atoms with Crippen LogP contribution in [-0.4, -0.2) is 27.2 Å². The largest absolute Gasteiger partial charge is 0.481 e. The lowest BCUT2D eigenvalue weighted by molar-refractivity contribution is -0.122. The summed E-state index contributed by atoms with van der Waals surface area (Å²) < 4.78 is 5.44. The van der Waals surface area contributed by atoms with Crippen molar-refractivity contribution >= 4 is 35.1 Å². The van der Waals surface area contributed by atoms with Crippen molar-refractivity contribution in [2.75, 3.05) is 5.32 Å². The Kier molecular flexibility index (Phi) is 4.24. The summed E-state index contributed by atoms with van der Waals surface area (Å²) in [6, 6.07) is 4.73. The lowest BCUT2D eigenvalue weighted by Gasteiger charge is -2.14. The van der Waals surface area contributed by atoms with E-state index in [1.165, 1.54) is 6.33 Å². The van der Waals surface area contributed by atoms with Gasteiger partial charge in [-0.05, 0) is 25.1 Å². The summed E-state index contributed by atoms with van der Waals surface area (Å²) >= 11 is 11.7. The third-order valence-corrected chi connectivity index (χ3v) is 2.61. The van der Waals surface area contributed by atoms with Crippen molar-refractivity contribution in [3.05, 3.63) is 34.6 Å². The van der Waals surface area contributed by atoms with Crippen LogP contribution < -0.4 is 10.1 Å². The van der Waals surface area contributed by atoms with Crippen LogP contribution in [0.2, 0.25) is 10.0 Å². The quantitative estimate of drug-likeness (QED) is 0.909. The van der Waals surface area contributed by atoms with Gasteiger partial charge in [0.05, 0.1) is 0 Å². The van der Waals surface area contributed by atoms with Gasteiger partial charge in [-0.25, -0.2) is 5.10 Å². The Bertz CT molecular complexity index is 554. The van der Waals surface area contributed by atoms with Crippen molar-refractivity contribution in [2.24, 2.45) is 0 Å². The van der Waals surface area contributed by atoms with E-state index in [9.17, 15) is 4.79 Å². The van der Waals surface area contributed by atoms with Gasteiger partial charge in [0.15, 0.2) is 6.10 Å². The Labute approximate surface area is 119 Å². The maximum atomic E-state index is 11.8. The highest BCUT2D eigenvalue weighted by molar-refractivity contribution is 6.34. The third kappa shape index (κ3) is 3.84. The highest BCUT2D eigenvalue weighted by Crippen LogP contribution is 2.25. The van der Waals surface area contributed by atoms with Gasteiger partial charge in [-0.2, -0.15) is 10.1 Å². The number of carbonyl (C=O) groups is 1. The van der Waals surface area contributed by atoms with Crippen molar-refractivity contribution in [3.63, 3.8) is 0 Å². The highest BCUT2D eigenvalue weighted by Gasteiger charge is 2.16. The van der Waals surface area contributed by atoms with E-state index in [1.807, 2.05) is 0 Å². The first-order valence-corrected chi connectivity index (χ1v) is 6.09. The zero-order valence-electron chi connectivity index (χ0n) is 9.85. The Hall–Kier alpha value is -1.79. The first-order valence-electron chi connectivity index (χ1n) is 5.33. The second kappa shape index (κ2) is 5.90. The highest BCUT2D eigenvalue weighted by atomic mass is 35.5. The average Bonchev–Trinajstić information content (AvgIpc) is 2.80. The number of aromatic amines is 1. The van der Waals surface area contributed by atoms with Gasteiger partial charge in [0.1, 0.15) is 12.1 Å². The van der Waals surface area contributed by atoms with Crippen LogP contribution in [0, 0.1) is 0 Å². The number of carbonyl (C=O) groups excluding carboxylic acids is 1. The van der Waals surface area contributed by atoms with Gasteiger partial charge in [0, 0.05) is 10.0 Å². The van der Waals surface area contributed by atoms with E-state index >= 15 is 0 Å². The molecule has 1 amide bonds. The fraction of sp³-hybridized carbons (Fsp3) is 0.182. The maximum Gasteiger partial charge on any atom is 0.267 e. The van der Waals surface area contributed by atoms with Gasteiger partial charge < -0.3 is 4.74 Å². The van der Waals surface area contributed by atoms with E-state index in [0.717, 1.165) is 0 Å². The van der Waals surface area contributed by atoms with Gasteiger partial charge >= 0.3 is 0 Å².